The van der Waals surface area contributed by atoms with Crippen LogP contribution >= 0.6 is 0 Å². The second-order valence-electron chi connectivity index (χ2n) is 12.1. The molecule has 1 atom stereocenters. The molecule has 0 saturated heterocycles. The summed E-state index contributed by atoms with van der Waals surface area (Å²) in [5.41, 5.74) is 0. The van der Waals surface area contributed by atoms with Gasteiger partial charge in [-0.1, -0.05) is 147 Å². The summed E-state index contributed by atoms with van der Waals surface area (Å²) in [4.78, 5) is 24.0. The van der Waals surface area contributed by atoms with Crippen molar-refractivity contribution in [1.29, 1.82) is 0 Å². The van der Waals surface area contributed by atoms with Crippen molar-refractivity contribution in [3.63, 3.8) is 0 Å². The lowest BCUT2D eigenvalue weighted by atomic mass is 10.0. The van der Waals surface area contributed by atoms with E-state index in [1.807, 2.05) is 0 Å². The number of ether oxygens (including phenoxy) is 1. The van der Waals surface area contributed by atoms with E-state index in [2.05, 4.69) is 43.5 Å². The number of nitrogens with one attached hydrogen (secondary N) is 1. The fourth-order valence-electron chi connectivity index (χ4n) is 5.02. The fourth-order valence-corrected chi connectivity index (χ4v) is 5.02. The molecule has 0 aliphatic rings. The molecule has 246 valence electrons. The maximum absolute atomic E-state index is 12.0. The summed E-state index contributed by atoms with van der Waals surface area (Å²) in [6.07, 6.45) is 38.5. The number of carbonyl (C=O) groups is 2. The van der Waals surface area contributed by atoms with Crippen molar-refractivity contribution in [2.24, 2.45) is 0 Å². The van der Waals surface area contributed by atoms with Crippen LogP contribution in [0.5, 0.6) is 0 Å². The van der Waals surface area contributed by atoms with Gasteiger partial charge in [-0.2, -0.15) is 0 Å². The lowest BCUT2D eigenvalue weighted by Crippen LogP contribution is -2.35. The lowest BCUT2D eigenvalue weighted by Gasteiger charge is -2.12. The zero-order valence-corrected chi connectivity index (χ0v) is 27.9. The highest BCUT2D eigenvalue weighted by Gasteiger charge is 2.10. The first-order valence-corrected chi connectivity index (χ1v) is 18.0. The van der Waals surface area contributed by atoms with Crippen LogP contribution in [-0.4, -0.2) is 36.2 Å². The van der Waals surface area contributed by atoms with Crippen LogP contribution < -0.4 is 5.32 Å². The van der Waals surface area contributed by atoms with Gasteiger partial charge in [0.15, 0.2) is 0 Å². The molecular formula is C37H69NO4. The van der Waals surface area contributed by atoms with E-state index in [0.29, 0.717) is 12.8 Å². The van der Waals surface area contributed by atoms with E-state index in [0.717, 1.165) is 44.9 Å². The summed E-state index contributed by atoms with van der Waals surface area (Å²) in [6.45, 7) is 4.57. The predicted octanol–water partition coefficient (Wildman–Crippen LogP) is 10.3. The molecular weight excluding hydrogens is 522 g/mol. The summed E-state index contributed by atoms with van der Waals surface area (Å²) in [5.74, 6) is -0.299. The average Bonchev–Trinajstić information content (AvgIpc) is 2.99. The number of carbonyl (C=O) groups excluding carboxylic acids is 2. The molecule has 1 amide bonds. The Balaban J connectivity index is 3.45. The van der Waals surface area contributed by atoms with Crippen LogP contribution in [0.15, 0.2) is 24.3 Å². The van der Waals surface area contributed by atoms with Crippen molar-refractivity contribution in [3.05, 3.63) is 24.3 Å². The van der Waals surface area contributed by atoms with E-state index in [1.165, 1.54) is 109 Å². The number of aliphatic hydroxyl groups is 1. The largest absolute Gasteiger partial charge is 0.463 e. The van der Waals surface area contributed by atoms with Gasteiger partial charge in [-0.25, -0.2) is 0 Å². The first kappa shape index (κ1) is 40.4. The molecule has 0 radical (unpaired) electrons. The first-order chi connectivity index (χ1) is 20.6. The van der Waals surface area contributed by atoms with Crippen LogP contribution in [0.2, 0.25) is 0 Å². The molecule has 2 N–H and O–H groups in total. The highest BCUT2D eigenvalue weighted by Crippen LogP contribution is 2.13. The second kappa shape index (κ2) is 33.9. The Kier molecular flexibility index (Phi) is 32.6. The van der Waals surface area contributed by atoms with Gasteiger partial charge in [-0.05, 0) is 44.9 Å². The van der Waals surface area contributed by atoms with Crippen molar-refractivity contribution in [3.8, 4) is 0 Å². The number of esters is 1. The molecule has 0 spiro atoms. The van der Waals surface area contributed by atoms with Gasteiger partial charge >= 0.3 is 5.97 Å². The van der Waals surface area contributed by atoms with E-state index in [1.54, 1.807) is 0 Å². The van der Waals surface area contributed by atoms with E-state index in [-0.39, 0.29) is 25.0 Å². The number of unbranched alkanes of at least 4 members (excludes halogenated alkanes) is 20. The monoisotopic (exact) mass is 592 g/mol. The maximum Gasteiger partial charge on any atom is 0.305 e. The van der Waals surface area contributed by atoms with E-state index >= 15 is 0 Å². The molecule has 42 heavy (non-hydrogen) atoms. The number of amides is 1. The standard InChI is InChI=1S/C37H69NO4/c1-3-5-7-9-11-13-15-17-18-20-21-23-25-27-29-31-36(40)38-33-35(39)34-42-37(41)32-30-28-26-24-22-19-16-14-12-10-8-6-4-2/h11,13,17-18,35,39H,3-10,12,14-16,19-34H2,1-2H3,(H,38,40)/b13-11-,18-17-. The highest BCUT2D eigenvalue weighted by atomic mass is 16.5. The Morgan fingerprint density at radius 3 is 1.57 bits per heavy atom. The molecule has 0 heterocycles. The smallest absolute Gasteiger partial charge is 0.305 e. The zero-order chi connectivity index (χ0) is 30.8. The maximum atomic E-state index is 12.0. The number of allylic oxidation sites excluding steroid dienone is 4. The summed E-state index contributed by atoms with van der Waals surface area (Å²) < 4.78 is 5.19. The summed E-state index contributed by atoms with van der Waals surface area (Å²) >= 11 is 0. The number of hydrogen-bond acceptors (Lipinski definition) is 4. The third-order valence-electron chi connectivity index (χ3n) is 7.81. The van der Waals surface area contributed by atoms with Crippen LogP contribution in [0.3, 0.4) is 0 Å². The quantitative estimate of drug-likeness (QED) is 0.0463. The topological polar surface area (TPSA) is 75.6 Å². The van der Waals surface area contributed by atoms with Crippen molar-refractivity contribution >= 4 is 11.9 Å². The van der Waals surface area contributed by atoms with E-state index in [9.17, 15) is 14.7 Å². The number of hydrogen-bond donors (Lipinski definition) is 2. The van der Waals surface area contributed by atoms with Crippen LogP contribution in [0.4, 0.5) is 0 Å². The Morgan fingerprint density at radius 1 is 0.595 bits per heavy atom. The minimum Gasteiger partial charge on any atom is -0.463 e. The molecule has 0 aromatic heterocycles. The molecule has 0 rings (SSSR count). The fraction of sp³-hybridized carbons (Fsp3) is 0.838. The van der Waals surface area contributed by atoms with Gasteiger partial charge in [0.05, 0.1) is 0 Å². The highest BCUT2D eigenvalue weighted by molar-refractivity contribution is 5.75. The Bertz CT molecular complexity index is 646. The molecule has 0 aromatic rings. The Hall–Kier alpha value is -1.62. The van der Waals surface area contributed by atoms with Gasteiger partial charge in [-0.15, -0.1) is 0 Å². The number of rotatable bonds is 32. The Morgan fingerprint density at radius 2 is 1.02 bits per heavy atom. The van der Waals surface area contributed by atoms with Gasteiger partial charge in [0.1, 0.15) is 12.7 Å². The van der Waals surface area contributed by atoms with Gasteiger partial charge in [-0.3, -0.25) is 9.59 Å². The molecule has 0 aliphatic heterocycles. The zero-order valence-electron chi connectivity index (χ0n) is 27.9. The second-order valence-corrected chi connectivity index (χ2v) is 12.1. The molecule has 0 aromatic carbocycles. The van der Waals surface area contributed by atoms with Crippen molar-refractivity contribution < 1.29 is 19.4 Å². The van der Waals surface area contributed by atoms with Gasteiger partial charge < -0.3 is 15.2 Å². The van der Waals surface area contributed by atoms with Gasteiger partial charge in [0, 0.05) is 19.4 Å². The number of aliphatic hydroxyl groups excluding tert-OH is 1. The molecule has 0 fully saturated rings. The van der Waals surface area contributed by atoms with Crippen LogP contribution in [0.25, 0.3) is 0 Å². The van der Waals surface area contributed by atoms with Crippen molar-refractivity contribution in [1.82, 2.24) is 5.32 Å². The predicted molar refractivity (Wildman–Crippen MR) is 180 cm³/mol. The average molecular weight is 592 g/mol. The molecule has 5 nitrogen and oxygen atoms in total. The minimum absolute atomic E-state index is 0.0435. The summed E-state index contributed by atoms with van der Waals surface area (Å²) in [6, 6.07) is 0. The SMILES string of the molecule is CCCCC/C=C\C/C=C\CCCCCCCC(=O)NCC(O)COC(=O)CCCCCCCCCCCCCCC. The molecule has 0 bridgehead atoms. The summed E-state index contributed by atoms with van der Waals surface area (Å²) in [7, 11) is 0. The van der Waals surface area contributed by atoms with Crippen LogP contribution in [0, 0.1) is 0 Å². The van der Waals surface area contributed by atoms with Gasteiger partial charge in [0.2, 0.25) is 5.91 Å². The van der Waals surface area contributed by atoms with Crippen molar-refractivity contribution in [2.45, 2.75) is 187 Å². The lowest BCUT2D eigenvalue weighted by molar-refractivity contribution is -0.146. The third-order valence-corrected chi connectivity index (χ3v) is 7.81. The normalized spacial score (nSPS) is 12.4. The van der Waals surface area contributed by atoms with Crippen LogP contribution in [0.1, 0.15) is 181 Å². The molecule has 1 unspecified atom stereocenters. The third kappa shape index (κ3) is 32.9. The molecule has 5 heteroatoms. The van der Waals surface area contributed by atoms with E-state index < -0.39 is 6.10 Å². The van der Waals surface area contributed by atoms with Crippen LogP contribution in [-0.2, 0) is 14.3 Å². The molecule has 0 saturated carbocycles. The minimum atomic E-state index is -0.853. The molecule has 0 aliphatic carbocycles. The van der Waals surface area contributed by atoms with Crippen molar-refractivity contribution in [2.75, 3.05) is 13.2 Å². The van der Waals surface area contributed by atoms with E-state index in [4.69, 9.17) is 4.74 Å². The first-order valence-electron chi connectivity index (χ1n) is 18.0. The summed E-state index contributed by atoms with van der Waals surface area (Å²) in [5, 5.41) is 12.8. The Labute approximate surface area is 260 Å². The van der Waals surface area contributed by atoms with Gasteiger partial charge in [0.25, 0.3) is 0 Å².